The van der Waals surface area contributed by atoms with Gasteiger partial charge in [0.2, 0.25) is 16.8 Å². The van der Waals surface area contributed by atoms with Crippen LogP contribution >= 0.6 is 0 Å². The topological polar surface area (TPSA) is 83.1 Å². The lowest BCUT2D eigenvalue weighted by Crippen LogP contribution is -2.26. The zero-order chi connectivity index (χ0) is 17.9. The van der Waals surface area contributed by atoms with Gasteiger partial charge in [0.05, 0.1) is 19.1 Å². The number of ether oxygens (including phenoxy) is 4. The molecule has 1 aliphatic rings. The van der Waals surface area contributed by atoms with Gasteiger partial charge in [-0.1, -0.05) is 6.07 Å². The molecule has 0 saturated heterocycles. The number of hydrogen-bond donors (Lipinski definition) is 1. The first-order valence-electron chi connectivity index (χ1n) is 7.64. The number of nitrogens with one attached hydrogen (secondary N) is 1. The summed E-state index contributed by atoms with van der Waals surface area (Å²) < 4.78 is 48.3. The Hall–Kier alpha value is -2.45. The highest BCUT2D eigenvalue weighted by atomic mass is 32.2. The summed E-state index contributed by atoms with van der Waals surface area (Å²) in [6, 6.07) is 10.0. The van der Waals surface area contributed by atoms with Crippen LogP contribution in [0.1, 0.15) is 5.56 Å². The van der Waals surface area contributed by atoms with E-state index < -0.39 is 10.0 Å². The average molecular weight is 365 g/mol. The van der Waals surface area contributed by atoms with Crippen LogP contribution in [0.15, 0.2) is 41.3 Å². The van der Waals surface area contributed by atoms with Gasteiger partial charge < -0.3 is 18.9 Å². The van der Waals surface area contributed by atoms with Crippen molar-refractivity contribution in [1.82, 2.24) is 4.72 Å². The molecule has 0 saturated carbocycles. The molecular formula is C17H19NO6S. The fourth-order valence-electron chi connectivity index (χ4n) is 2.49. The predicted molar refractivity (Wildman–Crippen MR) is 91.0 cm³/mol. The van der Waals surface area contributed by atoms with Gasteiger partial charge in [0.15, 0.2) is 23.0 Å². The van der Waals surface area contributed by atoms with Crippen molar-refractivity contribution in [2.45, 2.75) is 11.3 Å². The van der Waals surface area contributed by atoms with Crippen LogP contribution in [-0.4, -0.2) is 36.0 Å². The normalized spacial score (nSPS) is 12.9. The van der Waals surface area contributed by atoms with Crippen LogP contribution in [0.25, 0.3) is 0 Å². The third kappa shape index (κ3) is 3.80. The largest absolute Gasteiger partial charge is 0.493 e. The van der Waals surface area contributed by atoms with E-state index in [1.807, 2.05) is 18.2 Å². The molecule has 0 amide bonds. The zero-order valence-corrected chi connectivity index (χ0v) is 14.8. The smallest absolute Gasteiger partial charge is 0.240 e. The Morgan fingerprint density at radius 3 is 2.52 bits per heavy atom. The average Bonchev–Trinajstić information content (AvgIpc) is 3.08. The van der Waals surface area contributed by atoms with E-state index in [4.69, 9.17) is 18.9 Å². The molecule has 7 nitrogen and oxygen atoms in total. The van der Waals surface area contributed by atoms with E-state index in [1.54, 1.807) is 6.07 Å². The van der Waals surface area contributed by atoms with Gasteiger partial charge in [-0.15, -0.1) is 0 Å². The van der Waals surface area contributed by atoms with Crippen molar-refractivity contribution in [2.75, 3.05) is 27.6 Å². The van der Waals surface area contributed by atoms with Crippen LogP contribution in [-0.2, 0) is 16.4 Å². The van der Waals surface area contributed by atoms with Crippen molar-refractivity contribution in [3.8, 4) is 23.0 Å². The maximum Gasteiger partial charge on any atom is 0.240 e. The van der Waals surface area contributed by atoms with Crippen LogP contribution in [0.2, 0.25) is 0 Å². The molecule has 0 atom stereocenters. The minimum absolute atomic E-state index is 0.121. The SMILES string of the molecule is COc1ccc(S(=O)(=O)NCCc2ccc3c(c2)OCO3)cc1OC. The highest BCUT2D eigenvalue weighted by Gasteiger charge is 2.17. The molecule has 1 N–H and O–H groups in total. The molecule has 1 heterocycles. The van der Waals surface area contributed by atoms with Gasteiger partial charge in [-0.3, -0.25) is 0 Å². The lowest BCUT2D eigenvalue weighted by Gasteiger charge is -2.11. The summed E-state index contributed by atoms with van der Waals surface area (Å²) in [6.07, 6.45) is 0.531. The van der Waals surface area contributed by atoms with E-state index in [0.29, 0.717) is 29.4 Å². The van der Waals surface area contributed by atoms with Crippen LogP contribution < -0.4 is 23.7 Å². The highest BCUT2D eigenvalue weighted by Crippen LogP contribution is 2.32. The summed E-state index contributed by atoms with van der Waals surface area (Å²) >= 11 is 0. The minimum atomic E-state index is -3.64. The summed E-state index contributed by atoms with van der Waals surface area (Å²) in [5.74, 6) is 2.22. The minimum Gasteiger partial charge on any atom is -0.493 e. The van der Waals surface area contributed by atoms with Crippen molar-refractivity contribution in [3.05, 3.63) is 42.0 Å². The Morgan fingerprint density at radius 2 is 1.76 bits per heavy atom. The van der Waals surface area contributed by atoms with Gasteiger partial charge in [-0.2, -0.15) is 0 Å². The Labute approximate surface area is 146 Å². The lowest BCUT2D eigenvalue weighted by molar-refractivity contribution is 0.174. The molecule has 2 aromatic rings. The second kappa shape index (κ2) is 7.20. The molecular weight excluding hydrogens is 346 g/mol. The Morgan fingerprint density at radius 1 is 1.00 bits per heavy atom. The molecule has 0 aliphatic carbocycles. The van der Waals surface area contributed by atoms with Gasteiger partial charge in [0, 0.05) is 12.6 Å². The summed E-state index contributed by atoms with van der Waals surface area (Å²) in [6.45, 7) is 0.473. The van der Waals surface area contributed by atoms with Crippen molar-refractivity contribution in [2.24, 2.45) is 0 Å². The molecule has 0 unspecified atom stereocenters. The lowest BCUT2D eigenvalue weighted by atomic mass is 10.1. The van der Waals surface area contributed by atoms with E-state index in [2.05, 4.69) is 4.72 Å². The van der Waals surface area contributed by atoms with E-state index in [1.165, 1.54) is 26.4 Å². The molecule has 1 aliphatic heterocycles. The van der Waals surface area contributed by atoms with Crippen LogP contribution in [0.5, 0.6) is 23.0 Å². The van der Waals surface area contributed by atoms with Crippen molar-refractivity contribution in [1.29, 1.82) is 0 Å². The maximum absolute atomic E-state index is 12.4. The van der Waals surface area contributed by atoms with Gasteiger partial charge in [-0.05, 0) is 36.2 Å². The molecule has 0 fully saturated rings. The summed E-state index contributed by atoms with van der Waals surface area (Å²) in [5, 5.41) is 0. The second-order valence-electron chi connectivity index (χ2n) is 5.35. The Balaban J connectivity index is 1.66. The second-order valence-corrected chi connectivity index (χ2v) is 7.12. The van der Waals surface area contributed by atoms with Crippen LogP contribution in [0, 0.1) is 0 Å². The Kier molecular flexibility index (Phi) is 5.00. The van der Waals surface area contributed by atoms with Crippen LogP contribution in [0.4, 0.5) is 0 Å². The molecule has 2 aromatic carbocycles. The Bertz CT molecular complexity index is 865. The summed E-state index contributed by atoms with van der Waals surface area (Å²) in [7, 11) is -0.686. The molecule has 0 spiro atoms. The summed E-state index contributed by atoms with van der Waals surface area (Å²) in [5.41, 5.74) is 0.958. The number of rotatable bonds is 7. The van der Waals surface area contributed by atoms with Gasteiger partial charge in [-0.25, -0.2) is 13.1 Å². The predicted octanol–water partition coefficient (Wildman–Crippen LogP) is 1.95. The maximum atomic E-state index is 12.4. The summed E-state index contributed by atoms with van der Waals surface area (Å²) in [4.78, 5) is 0.121. The standard InChI is InChI=1S/C17H19NO6S/c1-21-14-6-4-13(10-16(14)22-2)25(19,20)18-8-7-12-3-5-15-17(9-12)24-11-23-15/h3-6,9-10,18H,7-8,11H2,1-2H3. The first-order valence-corrected chi connectivity index (χ1v) is 9.12. The number of methoxy groups -OCH3 is 2. The molecule has 0 radical (unpaired) electrons. The van der Waals surface area contributed by atoms with Crippen LogP contribution in [0.3, 0.4) is 0 Å². The monoisotopic (exact) mass is 365 g/mol. The number of sulfonamides is 1. The molecule has 0 aromatic heterocycles. The van der Waals surface area contributed by atoms with Gasteiger partial charge in [0.25, 0.3) is 0 Å². The van der Waals surface area contributed by atoms with E-state index in [0.717, 1.165) is 5.56 Å². The van der Waals surface area contributed by atoms with Crippen molar-refractivity contribution in [3.63, 3.8) is 0 Å². The molecule has 0 bridgehead atoms. The van der Waals surface area contributed by atoms with E-state index in [9.17, 15) is 8.42 Å². The molecule has 134 valence electrons. The number of benzene rings is 2. The highest BCUT2D eigenvalue weighted by molar-refractivity contribution is 7.89. The number of fused-ring (bicyclic) bond motifs is 1. The molecule has 25 heavy (non-hydrogen) atoms. The van der Waals surface area contributed by atoms with Gasteiger partial charge in [0.1, 0.15) is 0 Å². The van der Waals surface area contributed by atoms with E-state index in [-0.39, 0.29) is 18.2 Å². The van der Waals surface area contributed by atoms with Crippen molar-refractivity contribution < 1.29 is 27.4 Å². The fraction of sp³-hybridized carbons (Fsp3) is 0.294. The fourth-order valence-corrected chi connectivity index (χ4v) is 3.54. The third-order valence-electron chi connectivity index (χ3n) is 3.81. The first-order chi connectivity index (χ1) is 12.0. The number of hydrogen-bond acceptors (Lipinski definition) is 6. The quantitative estimate of drug-likeness (QED) is 0.808. The molecule has 3 rings (SSSR count). The molecule has 8 heteroatoms. The first kappa shape index (κ1) is 17.4. The van der Waals surface area contributed by atoms with E-state index >= 15 is 0 Å². The van der Waals surface area contributed by atoms with Gasteiger partial charge >= 0.3 is 0 Å². The zero-order valence-electron chi connectivity index (χ0n) is 13.9. The third-order valence-corrected chi connectivity index (χ3v) is 5.27. The van der Waals surface area contributed by atoms with Crippen molar-refractivity contribution >= 4 is 10.0 Å².